The Morgan fingerprint density at radius 1 is 1.14 bits per heavy atom. The zero-order valence-corrected chi connectivity index (χ0v) is 13.6. The molecule has 0 radical (unpaired) electrons. The lowest BCUT2D eigenvalue weighted by Crippen LogP contribution is -2.11. The molecule has 3 heteroatoms. The molecule has 1 aromatic heterocycles. The first kappa shape index (κ1) is 15.6. The van der Waals surface area contributed by atoms with Crippen molar-refractivity contribution in [1.82, 2.24) is 0 Å². The van der Waals surface area contributed by atoms with Crippen molar-refractivity contribution in [2.24, 2.45) is 5.73 Å². The van der Waals surface area contributed by atoms with Gasteiger partial charge in [0.15, 0.2) is 0 Å². The van der Waals surface area contributed by atoms with E-state index in [1.165, 1.54) is 5.56 Å². The van der Waals surface area contributed by atoms with Crippen LogP contribution in [0.2, 0.25) is 0 Å². The summed E-state index contributed by atoms with van der Waals surface area (Å²) < 4.78 is 11.5. The van der Waals surface area contributed by atoms with Crippen LogP contribution in [0.5, 0.6) is 5.75 Å². The fourth-order valence-electron chi connectivity index (χ4n) is 2.29. The normalized spacial score (nSPS) is 11.7. The molecule has 0 unspecified atom stereocenters. The fraction of sp³-hybridized carbons (Fsp3) is 0.444. The molecular formula is C18H25NO2. The summed E-state index contributed by atoms with van der Waals surface area (Å²) in [4.78, 5) is 0. The van der Waals surface area contributed by atoms with E-state index in [1.54, 1.807) is 0 Å². The minimum absolute atomic E-state index is 0.150. The van der Waals surface area contributed by atoms with E-state index in [1.807, 2.05) is 19.1 Å². The van der Waals surface area contributed by atoms with Gasteiger partial charge in [0.1, 0.15) is 23.9 Å². The second kappa shape index (κ2) is 5.94. The molecule has 1 aromatic carbocycles. The van der Waals surface area contributed by atoms with E-state index >= 15 is 0 Å². The first-order valence-corrected chi connectivity index (χ1v) is 7.33. The summed E-state index contributed by atoms with van der Waals surface area (Å²) in [5, 5.41) is 0. The minimum Gasteiger partial charge on any atom is -0.485 e. The summed E-state index contributed by atoms with van der Waals surface area (Å²) in [6, 6.07) is 8.32. The monoisotopic (exact) mass is 287 g/mol. The predicted molar refractivity (Wildman–Crippen MR) is 85.5 cm³/mol. The van der Waals surface area contributed by atoms with Crippen molar-refractivity contribution in [3.8, 4) is 5.75 Å². The largest absolute Gasteiger partial charge is 0.485 e. The highest BCUT2D eigenvalue weighted by Crippen LogP contribution is 2.28. The molecule has 0 amide bonds. The Balaban J connectivity index is 2.09. The van der Waals surface area contributed by atoms with Crippen LogP contribution in [0.15, 0.2) is 28.7 Å². The Morgan fingerprint density at radius 3 is 2.38 bits per heavy atom. The van der Waals surface area contributed by atoms with Crippen molar-refractivity contribution in [3.63, 3.8) is 0 Å². The molecule has 1 heterocycles. The maximum absolute atomic E-state index is 5.87. The molecule has 21 heavy (non-hydrogen) atoms. The van der Waals surface area contributed by atoms with Crippen molar-refractivity contribution >= 4 is 0 Å². The molecule has 0 aliphatic carbocycles. The van der Waals surface area contributed by atoms with E-state index < -0.39 is 0 Å². The van der Waals surface area contributed by atoms with Crippen molar-refractivity contribution in [2.45, 2.75) is 53.2 Å². The number of ether oxygens (including phenoxy) is 1. The highest BCUT2D eigenvalue weighted by molar-refractivity contribution is 5.38. The molecule has 114 valence electrons. The van der Waals surface area contributed by atoms with E-state index in [0.717, 1.165) is 28.4 Å². The Bertz CT molecular complexity index is 621. The molecular weight excluding hydrogens is 262 g/mol. The zero-order chi connectivity index (χ0) is 15.6. The zero-order valence-electron chi connectivity index (χ0n) is 13.6. The summed E-state index contributed by atoms with van der Waals surface area (Å²) in [6.45, 7) is 11.6. The average molecular weight is 287 g/mol. The number of aryl methyl sites for hydroxylation is 2. The van der Waals surface area contributed by atoms with Gasteiger partial charge >= 0.3 is 0 Å². The van der Waals surface area contributed by atoms with E-state index in [9.17, 15) is 0 Å². The average Bonchev–Trinajstić information content (AvgIpc) is 2.76. The van der Waals surface area contributed by atoms with Gasteiger partial charge in [-0.15, -0.1) is 0 Å². The van der Waals surface area contributed by atoms with E-state index in [2.05, 4.69) is 39.8 Å². The summed E-state index contributed by atoms with van der Waals surface area (Å²) in [5.41, 5.74) is 9.29. The van der Waals surface area contributed by atoms with Crippen LogP contribution in [0.4, 0.5) is 0 Å². The van der Waals surface area contributed by atoms with Crippen molar-refractivity contribution < 1.29 is 9.15 Å². The van der Waals surface area contributed by atoms with Crippen molar-refractivity contribution in [1.29, 1.82) is 0 Å². The highest BCUT2D eigenvalue weighted by atomic mass is 16.5. The maximum Gasteiger partial charge on any atom is 0.146 e. The van der Waals surface area contributed by atoms with Crippen LogP contribution in [0, 0.1) is 13.8 Å². The van der Waals surface area contributed by atoms with E-state index in [-0.39, 0.29) is 5.41 Å². The molecule has 0 aliphatic heterocycles. The molecule has 0 atom stereocenters. The van der Waals surface area contributed by atoms with Gasteiger partial charge in [0.25, 0.3) is 0 Å². The van der Waals surface area contributed by atoms with Crippen LogP contribution >= 0.6 is 0 Å². The van der Waals surface area contributed by atoms with Crippen LogP contribution < -0.4 is 10.5 Å². The van der Waals surface area contributed by atoms with Gasteiger partial charge in [-0.25, -0.2) is 0 Å². The van der Waals surface area contributed by atoms with Gasteiger partial charge in [0.05, 0.1) is 0 Å². The SMILES string of the molecule is Cc1cc(C(C)(C)C)ccc1OCc1cc(CN)c(C)o1. The quantitative estimate of drug-likeness (QED) is 0.915. The summed E-state index contributed by atoms with van der Waals surface area (Å²) in [5.74, 6) is 2.58. The van der Waals surface area contributed by atoms with Gasteiger partial charge in [0, 0.05) is 12.1 Å². The Hall–Kier alpha value is -1.74. The second-order valence-corrected chi connectivity index (χ2v) is 6.52. The lowest BCUT2D eigenvalue weighted by atomic mass is 9.86. The lowest BCUT2D eigenvalue weighted by molar-refractivity contribution is 0.266. The van der Waals surface area contributed by atoms with Crippen LogP contribution in [0.1, 0.15) is 49.0 Å². The van der Waals surface area contributed by atoms with E-state index in [4.69, 9.17) is 14.9 Å². The molecule has 0 spiro atoms. The van der Waals surface area contributed by atoms with Crippen molar-refractivity contribution in [3.05, 3.63) is 52.5 Å². The third kappa shape index (κ3) is 3.67. The highest BCUT2D eigenvalue weighted by Gasteiger charge is 2.15. The first-order valence-electron chi connectivity index (χ1n) is 7.33. The number of furan rings is 1. The Labute approximate surface area is 127 Å². The van der Waals surface area contributed by atoms with Crippen molar-refractivity contribution in [2.75, 3.05) is 0 Å². The molecule has 0 bridgehead atoms. The van der Waals surface area contributed by atoms with Gasteiger partial charge in [-0.2, -0.15) is 0 Å². The minimum atomic E-state index is 0.150. The van der Waals surface area contributed by atoms with Crippen LogP contribution in [0.3, 0.4) is 0 Å². The first-order chi connectivity index (χ1) is 9.81. The smallest absolute Gasteiger partial charge is 0.146 e. The number of nitrogens with two attached hydrogens (primary N) is 1. The molecule has 3 nitrogen and oxygen atoms in total. The fourth-order valence-corrected chi connectivity index (χ4v) is 2.29. The third-order valence-corrected chi connectivity index (χ3v) is 3.70. The summed E-state index contributed by atoms with van der Waals surface area (Å²) in [7, 11) is 0. The van der Waals surface area contributed by atoms with Gasteiger partial charge in [-0.1, -0.05) is 32.9 Å². The predicted octanol–water partition coefficient (Wildman–Crippen LogP) is 4.23. The summed E-state index contributed by atoms with van der Waals surface area (Å²) >= 11 is 0. The van der Waals surface area contributed by atoms with Gasteiger partial charge in [-0.3, -0.25) is 0 Å². The molecule has 0 saturated carbocycles. The molecule has 2 rings (SSSR count). The number of hydrogen-bond donors (Lipinski definition) is 1. The van der Waals surface area contributed by atoms with E-state index in [0.29, 0.717) is 13.2 Å². The summed E-state index contributed by atoms with van der Waals surface area (Å²) in [6.07, 6.45) is 0. The van der Waals surface area contributed by atoms with Gasteiger partial charge in [0.2, 0.25) is 0 Å². The molecule has 2 N–H and O–H groups in total. The van der Waals surface area contributed by atoms with Gasteiger partial charge in [-0.05, 0) is 42.5 Å². The molecule has 0 fully saturated rings. The second-order valence-electron chi connectivity index (χ2n) is 6.52. The maximum atomic E-state index is 5.87. The number of hydrogen-bond acceptors (Lipinski definition) is 3. The topological polar surface area (TPSA) is 48.4 Å². The Morgan fingerprint density at radius 2 is 1.86 bits per heavy atom. The number of benzene rings is 1. The molecule has 0 aliphatic rings. The third-order valence-electron chi connectivity index (χ3n) is 3.70. The lowest BCUT2D eigenvalue weighted by Gasteiger charge is -2.20. The van der Waals surface area contributed by atoms with Gasteiger partial charge < -0.3 is 14.9 Å². The standard InChI is InChI=1S/C18H25NO2/c1-12-8-15(18(3,4)5)6-7-17(12)20-11-16-9-14(10-19)13(2)21-16/h6-9H,10-11,19H2,1-5H3. The number of rotatable bonds is 4. The van der Waals surface area contributed by atoms with Crippen LogP contribution in [0.25, 0.3) is 0 Å². The Kier molecular flexibility index (Phi) is 4.43. The molecule has 0 saturated heterocycles. The van der Waals surface area contributed by atoms with Crippen LogP contribution in [-0.2, 0) is 18.6 Å². The molecule has 2 aromatic rings. The van der Waals surface area contributed by atoms with Crippen LogP contribution in [-0.4, -0.2) is 0 Å².